The van der Waals surface area contributed by atoms with Crippen LogP contribution in [0.15, 0.2) is 0 Å². The summed E-state index contributed by atoms with van der Waals surface area (Å²) in [6.07, 6.45) is 3.29. The molecule has 3 heteroatoms. The van der Waals surface area contributed by atoms with Crippen LogP contribution in [0.4, 0.5) is 0 Å². The van der Waals surface area contributed by atoms with Gasteiger partial charge in [-0.1, -0.05) is 0 Å². The van der Waals surface area contributed by atoms with Gasteiger partial charge >= 0.3 is 0 Å². The molecule has 2 saturated heterocycles. The molecule has 1 saturated carbocycles. The Kier molecular flexibility index (Phi) is 1.23. The molecule has 2 heterocycles. The minimum absolute atomic E-state index is 0.147. The van der Waals surface area contributed by atoms with E-state index in [4.69, 9.17) is 0 Å². The molecule has 0 aromatic heterocycles. The number of carbonyl (C=O) groups is 1. The van der Waals surface area contributed by atoms with E-state index >= 15 is 0 Å². The molecule has 2 unspecified atom stereocenters. The first-order valence-corrected chi connectivity index (χ1v) is 4.83. The number of hydrogen-bond acceptors (Lipinski definition) is 3. The predicted molar refractivity (Wildman–Crippen MR) is 44.9 cm³/mol. The monoisotopic (exact) mass is 166 g/mol. The molecule has 12 heavy (non-hydrogen) atoms. The Hall–Kier alpha value is -0.410. The molecule has 2 atom stereocenters. The number of nitrogens with one attached hydrogen (secondary N) is 2. The molecule has 3 nitrogen and oxygen atoms in total. The molecule has 2 aliphatic heterocycles. The van der Waals surface area contributed by atoms with Gasteiger partial charge < -0.3 is 10.6 Å². The van der Waals surface area contributed by atoms with Crippen LogP contribution in [0.3, 0.4) is 0 Å². The maximum absolute atomic E-state index is 11.9. The zero-order chi connectivity index (χ0) is 8.18. The molecule has 1 aliphatic carbocycles. The maximum Gasteiger partial charge on any atom is 0.157 e. The fourth-order valence-corrected chi connectivity index (χ4v) is 2.49. The number of carbonyl (C=O) groups excluding carboxylic acids is 1. The van der Waals surface area contributed by atoms with Crippen molar-refractivity contribution in [3.8, 4) is 0 Å². The largest absolute Gasteiger partial charge is 0.310 e. The maximum atomic E-state index is 11.9. The molecule has 3 fully saturated rings. The van der Waals surface area contributed by atoms with Gasteiger partial charge in [0.2, 0.25) is 0 Å². The molecule has 0 aromatic rings. The molecule has 3 aliphatic rings. The van der Waals surface area contributed by atoms with E-state index < -0.39 is 0 Å². The van der Waals surface area contributed by atoms with E-state index in [0.717, 1.165) is 32.4 Å². The van der Waals surface area contributed by atoms with Crippen molar-refractivity contribution in [2.24, 2.45) is 5.92 Å². The highest BCUT2D eigenvalue weighted by molar-refractivity contribution is 5.93. The minimum Gasteiger partial charge on any atom is -0.310 e. The summed E-state index contributed by atoms with van der Waals surface area (Å²) < 4.78 is 0. The first-order valence-electron chi connectivity index (χ1n) is 4.83. The number of ketones is 1. The summed E-state index contributed by atoms with van der Waals surface area (Å²) in [6, 6.07) is 0.563. The molecular formula is C9H14N2O. The van der Waals surface area contributed by atoms with Gasteiger partial charge in [-0.25, -0.2) is 0 Å². The van der Waals surface area contributed by atoms with Crippen molar-refractivity contribution < 1.29 is 4.79 Å². The second-order valence-corrected chi connectivity index (χ2v) is 4.38. The summed E-state index contributed by atoms with van der Waals surface area (Å²) in [7, 11) is 0. The van der Waals surface area contributed by atoms with E-state index in [1.165, 1.54) is 0 Å². The van der Waals surface area contributed by atoms with Crippen LogP contribution in [0.25, 0.3) is 0 Å². The molecule has 3 rings (SSSR count). The zero-order valence-electron chi connectivity index (χ0n) is 7.10. The highest BCUT2D eigenvalue weighted by Crippen LogP contribution is 2.38. The lowest BCUT2D eigenvalue weighted by Gasteiger charge is -2.26. The predicted octanol–water partition coefficient (Wildman–Crippen LogP) is -0.331. The van der Waals surface area contributed by atoms with Crippen molar-refractivity contribution in [2.45, 2.75) is 30.8 Å². The van der Waals surface area contributed by atoms with E-state index in [1.807, 2.05) is 0 Å². The lowest BCUT2D eigenvalue weighted by molar-refractivity contribution is -0.125. The lowest BCUT2D eigenvalue weighted by Crippen LogP contribution is -2.55. The Morgan fingerprint density at radius 2 is 2.25 bits per heavy atom. The smallest absolute Gasteiger partial charge is 0.157 e. The summed E-state index contributed by atoms with van der Waals surface area (Å²) in [6.45, 7) is 1.85. The third kappa shape index (κ3) is 0.808. The van der Waals surface area contributed by atoms with Gasteiger partial charge in [0.1, 0.15) is 0 Å². The second kappa shape index (κ2) is 2.09. The van der Waals surface area contributed by atoms with E-state index in [2.05, 4.69) is 10.6 Å². The second-order valence-electron chi connectivity index (χ2n) is 4.38. The minimum atomic E-state index is -0.147. The van der Waals surface area contributed by atoms with Crippen LogP contribution in [0.2, 0.25) is 0 Å². The van der Waals surface area contributed by atoms with E-state index in [9.17, 15) is 4.79 Å². The van der Waals surface area contributed by atoms with Crippen molar-refractivity contribution in [1.82, 2.24) is 10.6 Å². The number of Topliss-reactive ketones (excluding diaryl/α,β-unsaturated/α-hetero) is 1. The van der Waals surface area contributed by atoms with Crippen molar-refractivity contribution in [3.05, 3.63) is 0 Å². The normalized spacial score (nSPS) is 45.2. The van der Waals surface area contributed by atoms with E-state index in [1.54, 1.807) is 0 Å². The van der Waals surface area contributed by atoms with Gasteiger partial charge in [0, 0.05) is 25.0 Å². The Morgan fingerprint density at radius 3 is 2.67 bits per heavy atom. The van der Waals surface area contributed by atoms with Crippen LogP contribution in [0.1, 0.15) is 19.3 Å². The highest BCUT2D eigenvalue weighted by atomic mass is 16.1. The molecule has 0 spiro atoms. The number of fused-ring (bicyclic) bond motifs is 2. The molecule has 2 N–H and O–H groups in total. The molecule has 0 aromatic carbocycles. The number of piperazine rings is 1. The van der Waals surface area contributed by atoms with Gasteiger partial charge in [-0.15, -0.1) is 0 Å². The number of hydrogen-bond donors (Lipinski definition) is 2. The van der Waals surface area contributed by atoms with E-state index in [-0.39, 0.29) is 5.54 Å². The van der Waals surface area contributed by atoms with Gasteiger partial charge in [0.05, 0.1) is 5.54 Å². The fraction of sp³-hybridized carbons (Fsp3) is 0.889. The first-order chi connectivity index (χ1) is 5.80. The van der Waals surface area contributed by atoms with E-state index in [0.29, 0.717) is 17.7 Å². The van der Waals surface area contributed by atoms with Gasteiger partial charge in [0.15, 0.2) is 5.78 Å². The van der Waals surface area contributed by atoms with Gasteiger partial charge in [-0.3, -0.25) is 4.79 Å². The SMILES string of the molecule is O=C(C1CC1)C12CNC(CN1)C2. The molecule has 66 valence electrons. The quantitative estimate of drug-likeness (QED) is 0.590. The van der Waals surface area contributed by atoms with Crippen molar-refractivity contribution >= 4 is 5.78 Å². The van der Waals surface area contributed by atoms with Crippen LogP contribution in [0.5, 0.6) is 0 Å². The fourth-order valence-electron chi connectivity index (χ4n) is 2.49. The average Bonchev–Trinajstić information content (AvgIpc) is 2.75. The molecule has 0 amide bonds. The Bertz CT molecular complexity index is 227. The van der Waals surface area contributed by atoms with Crippen LogP contribution in [-0.2, 0) is 4.79 Å². The summed E-state index contributed by atoms with van der Waals surface area (Å²) in [5, 5.41) is 6.76. The van der Waals surface area contributed by atoms with Gasteiger partial charge in [-0.05, 0) is 19.3 Å². The molecule has 2 bridgehead atoms. The third-order valence-corrected chi connectivity index (χ3v) is 3.39. The topological polar surface area (TPSA) is 41.1 Å². The zero-order valence-corrected chi connectivity index (χ0v) is 7.10. The van der Waals surface area contributed by atoms with Crippen molar-refractivity contribution in [3.63, 3.8) is 0 Å². The summed E-state index contributed by atoms with van der Waals surface area (Å²) in [5.74, 6) is 0.881. The highest BCUT2D eigenvalue weighted by Gasteiger charge is 2.53. The Balaban J connectivity index is 1.84. The third-order valence-electron chi connectivity index (χ3n) is 3.39. The van der Waals surface area contributed by atoms with Gasteiger partial charge in [0.25, 0.3) is 0 Å². The van der Waals surface area contributed by atoms with Gasteiger partial charge in [-0.2, -0.15) is 0 Å². The summed E-state index contributed by atoms with van der Waals surface area (Å²) >= 11 is 0. The van der Waals surface area contributed by atoms with Crippen LogP contribution in [-0.4, -0.2) is 30.5 Å². The Labute approximate surface area is 71.9 Å². The van der Waals surface area contributed by atoms with Crippen LogP contribution in [0, 0.1) is 5.92 Å². The lowest BCUT2D eigenvalue weighted by atomic mass is 9.91. The summed E-state index contributed by atoms with van der Waals surface area (Å²) in [5.41, 5.74) is -0.147. The Morgan fingerprint density at radius 1 is 1.42 bits per heavy atom. The van der Waals surface area contributed by atoms with Crippen LogP contribution < -0.4 is 10.6 Å². The number of rotatable bonds is 2. The first kappa shape index (κ1) is 7.04. The van der Waals surface area contributed by atoms with Crippen molar-refractivity contribution in [2.75, 3.05) is 13.1 Å². The van der Waals surface area contributed by atoms with Crippen molar-refractivity contribution in [1.29, 1.82) is 0 Å². The molecule has 0 radical (unpaired) electrons. The average molecular weight is 166 g/mol. The summed E-state index contributed by atoms with van der Waals surface area (Å²) in [4.78, 5) is 11.9. The van der Waals surface area contributed by atoms with Crippen LogP contribution >= 0.6 is 0 Å². The molecular weight excluding hydrogens is 152 g/mol. The standard InChI is InChI=1S/C9H14N2O/c12-8(6-1-2-6)9-3-7(4-11-9)10-5-9/h6-7,10-11H,1-5H2.